The van der Waals surface area contributed by atoms with Crippen molar-refractivity contribution in [1.29, 1.82) is 0 Å². The van der Waals surface area contributed by atoms with E-state index in [0.29, 0.717) is 6.04 Å². The fraction of sp³-hybridized carbons (Fsp3) is 0.765. The quantitative estimate of drug-likeness (QED) is 0.825. The summed E-state index contributed by atoms with van der Waals surface area (Å²) >= 11 is 1.91. The molecule has 0 aromatic carbocycles. The van der Waals surface area contributed by atoms with Crippen molar-refractivity contribution in [2.45, 2.75) is 70.0 Å². The van der Waals surface area contributed by atoms with E-state index in [9.17, 15) is 0 Å². The molecule has 1 aromatic heterocycles. The highest BCUT2D eigenvalue weighted by molar-refractivity contribution is 7.10. The molecule has 1 aliphatic heterocycles. The Bertz CT molecular complexity index is 384. The standard InChI is InChI=1S/C17H28N2S/c1-2-6-16(17-10-5-12-20-17)19-15-8-3-7-13(15)14-9-4-11-18-14/h5,10,12-16,18-19H,2-4,6-9,11H2,1H3. The predicted molar refractivity (Wildman–Crippen MR) is 87.3 cm³/mol. The number of rotatable bonds is 6. The van der Waals surface area contributed by atoms with Gasteiger partial charge in [0.15, 0.2) is 0 Å². The van der Waals surface area contributed by atoms with E-state index in [1.165, 1.54) is 56.4 Å². The van der Waals surface area contributed by atoms with Gasteiger partial charge in [-0.1, -0.05) is 25.8 Å². The summed E-state index contributed by atoms with van der Waals surface area (Å²) in [5, 5.41) is 9.96. The van der Waals surface area contributed by atoms with Crippen LogP contribution in [0.15, 0.2) is 17.5 Å². The minimum atomic E-state index is 0.576. The molecule has 3 heteroatoms. The average Bonchev–Trinajstić information content (AvgIpc) is 3.20. The molecule has 0 bridgehead atoms. The zero-order valence-corrected chi connectivity index (χ0v) is 13.4. The Balaban J connectivity index is 1.64. The van der Waals surface area contributed by atoms with E-state index in [1.54, 1.807) is 0 Å². The lowest BCUT2D eigenvalue weighted by Gasteiger charge is -2.30. The summed E-state index contributed by atoms with van der Waals surface area (Å²) in [5.41, 5.74) is 0. The summed E-state index contributed by atoms with van der Waals surface area (Å²) in [6.45, 7) is 3.53. The van der Waals surface area contributed by atoms with Crippen LogP contribution >= 0.6 is 11.3 Å². The Kier molecular flexibility index (Phi) is 5.14. The molecule has 0 radical (unpaired) electrons. The van der Waals surface area contributed by atoms with E-state index in [0.717, 1.165) is 18.0 Å². The van der Waals surface area contributed by atoms with Crippen molar-refractivity contribution in [3.63, 3.8) is 0 Å². The topological polar surface area (TPSA) is 24.1 Å². The molecule has 2 N–H and O–H groups in total. The van der Waals surface area contributed by atoms with Crippen LogP contribution in [-0.4, -0.2) is 18.6 Å². The molecule has 2 fully saturated rings. The molecule has 2 heterocycles. The summed E-state index contributed by atoms with van der Waals surface area (Å²) < 4.78 is 0. The van der Waals surface area contributed by atoms with Gasteiger partial charge in [-0.2, -0.15) is 0 Å². The number of thiophene rings is 1. The summed E-state index contributed by atoms with van der Waals surface area (Å²) in [7, 11) is 0. The van der Waals surface area contributed by atoms with Gasteiger partial charge in [0.05, 0.1) is 0 Å². The number of nitrogens with one attached hydrogen (secondary N) is 2. The van der Waals surface area contributed by atoms with Gasteiger partial charge in [-0.15, -0.1) is 11.3 Å². The Morgan fingerprint density at radius 1 is 1.35 bits per heavy atom. The zero-order valence-electron chi connectivity index (χ0n) is 12.6. The lowest BCUT2D eigenvalue weighted by atomic mass is 9.92. The largest absolute Gasteiger partial charge is 0.314 e. The molecule has 1 aliphatic carbocycles. The molecule has 4 unspecified atom stereocenters. The zero-order chi connectivity index (χ0) is 13.8. The number of hydrogen-bond donors (Lipinski definition) is 2. The second-order valence-corrected chi connectivity index (χ2v) is 7.41. The van der Waals surface area contributed by atoms with Gasteiger partial charge < -0.3 is 10.6 Å². The maximum absolute atomic E-state index is 4.02. The van der Waals surface area contributed by atoms with Crippen LogP contribution < -0.4 is 10.6 Å². The molecule has 1 saturated heterocycles. The molecule has 3 rings (SSSR count). The van der Waals surface area contributed by atoms with Crippen molar-refractivity contribution >= 4 is 11.3 Å². The van der Waals surface area contributed by atoms with Gasteiger partial charge in [0.1, 0.15) is 0 Å². The lowest BCUT2D eigenvalue weighted by molar-refractivity contribution is 0.294. The van der Waals surface area contributed by atoms with Gasteiger partial charge in [0, 0.05) is 23.0 Å². The van der Waals surface area contributed by atoms with E-state index in [1.807, 2.05) is 11.3 Å². The van der Waals surface area contributed by atoms with Crippen LogP contribution in [0.4, 0.5) is 0 Å². The fourth-order valence-corrected chi connectivity index (χ4v) is 4.92. The van der Waals surface area contributed by atoms with Crippen LogP contribution in [0.2, 0.25) is 0 Å². The van der Waals surface area contributed by atoms with E-state index in [2.05, 4.69) is 35.1 Å². The van der Waals surface area contributed by atoms with Crippen LogP contribution in [0, 0.1) is 5.92 Å². The SMILES string of the molecule is CCCC(NC1CCCC1C1CCCN1)c1cccs1. The third-order valence-electron chi connectivity index (χ3n) is 5.06. The highest BCUT2D eigenvalue weighted by Crippen LogP contribution is 2.34. The van der Waals surface area contributed by atoms with E-state index >= 15 is 0 Å². The molecule has 1 saturated carbocycles. The summed E-state index contributed by atoms with van der Waals surface area (Å²) in [5.74, 6) is 0.858. The van der Waals surface area contributed by atoms with E-state index in [-0.39, 0.29) is 0 Å². The van der Waals surface area contributed by atoms with Crippen molar-refractivity contribution < 1.29 is 0 Å². The van der Waals surface area contributed by atoms with Crippen LogP contribution in [0.1, 0.15) is 62.8 Å². The Labute approximate surface area is 127 Å². The van der Waals surface area contributed by atoms with Crippen molar-refractivity contribution in [2.75, 3.05) is 6.54 Å². The highest BCUT2D eigenvalue weighted by Gasteiger charge is 2.35. The van der Waals surface area contributed by atoms with Crippen LogP contribution in [0.3, 0.4) is 0 Å². The lowest BCUT2D eigenvalue weighted by Crippen LogP contribution is -2.43. The fourth-order valence-electron chi connectivity index (χ4n) is 4.10. The highest BCUT2D eigenvalue weighted by atomic mass is 32.1. The van der Waals surface area contributed by atoms with Crippen molar-refractivity contribution in [3.05, 3.63) is 22.4 Å². The Morgan fingerprint density at radius 2 is 2.30 bits per heavy atom. The van der Waals surface area contributed by atoms with Crippen molar-refractivity contribution in [1.82, 2.24) is 10.6 Å². The minimum absolute atomic E-state index is 0.576. The third-order valence-corrected chi connectivity index (χ3v) is 6.05. The molecule has 2 nitrogen and oxygen atoms in total. The molecular formula is C17H28N2S. The molecular weight excluding hydrogens is 264 g/mol. The van der Waals surface area contributed by atoms with Crippen LogP contribution in [0.5, 0.6) is 0 Å². The maximum atomic E-state index is 4.02. The Hall–Kier alpha value is -0.380. The second kappa shape index (κ2) is 7.06. The molecule has 0 amide bonds. The van der Waals surface area contributed by atoms with Gasteiger partial charge in [0.2, 0.25) is 0 Å². The molecule has 4 atom stereocenters. The first-order valence-electron chi connectivity index (χ1n) is 8.41. The van der Waals surface area contributed by atoms with Crippen LogP contribution in [0.25, 0.3) is 0 Å². The second-order valence-electron chi connectivity index (χ2n) is 6.43. The minimum Gasteiger partial charge on any atom is -0.314 e. The average molecular weight is 292 g/mol. The molecule has 1 aromatic rings. The first kappa shape index (κ1) is 14.6. The molecule has 0 spiro atoms. The smallest absolute Gasteiger partial charge is 0.0416 e. The van der Waals surface area contributed by atoms with E-state index in [4.69, 9.17) is 0 Å². The van der Waals surface area contributed by atoms with Gasteiger partial charge >= 0.3 is 0 Å². The third kappa shape index (κ3) is 3.26. The molecule has 2 aliphatic rings. The first-order valence-corrected chi connectivity index (χ1v) is 9.29. The van der Waals surface area contributed by atoms with Crippen molar-refractivity contribution in [3.8, 4) is 0 Å². The van der Waals surface area contributed by atoms with Gasteiger partial charge in [-0.25, -0.2) is 0 Å². The first-order chi connectivity index (χ1) is 9.88. The summed E-state index contributed by atoms with van der Waals surface area (Å²) in [6.07, 6.45) is 9.48. The Morgan fingerprint density at radius 3 is 3.00 bits per heavy atom. The van der Waals surface area contributed by atoms with Gasteiger partial charge in [0.25, 0.3) is 0 Å². The van der Waals surface area contributed by atoms with Gasteiger partial charge in [-0.05, 0) is 56.0 Å². The van der Waals surface area contributed by atoms with Crippen LogP contribution in [-0.2, 0) is 0 Å². The van der Waals surface area contributed by atoms with E-state index < -0.39 is 0 Å². The van der Waals surface area contributed by atoms with Gasteiger partial charge in [-0.3, -0.25) is 0 Å². The molecule has 20 heavy (non-hydrogen) atoms. The predicted octanol–water partition coefficient (Wildman–Crippen LogP) is 4.10. The van der Waals surface area contributed by atoms with Crippen molar-refractivity contribution in [2.24, 2.45) is 5.92 Å². The monoisotopic (exact) mass is 292 g/mol. The normalized spacial score (nSPS) is 31.8. The molecule has 112 valence electrons. The summed E-state index contributed by atoms with van der Waals surface area (Å²) in [6, 6.07) is 6.57. The summed E-state index contributed by atoms with van der Waals surface area (Å²) in [4.78, 5) is 1.52. The number of hydrogen-bond acceptors (Lipinski definition) is 3. The maximum Gasteiger partial charge on any atom is 0.0416 e.